The second kappa shape index (κ2) is 5.73. The van der Waals surface area contributed by atoms with Gasteiger partial charge < -0.3 is 5.11 Å². The Bertz CT molecular complexity index is 859. The van der Waals surface area contributed by atoms with Crippen LogP contribution >= 0.6 is 0 Å². The molecule has 3 rings (SSSR count). The van der Waals surface area contributed by atoms with Gasteiger partial charge in [-0.15, -0.1) is 0 Å². The summed E-state index contributed by atoms with van der Waals surface area (Å²) < 4.78 is 1.49. The van der Waals surface area contributed by atoms with E-state index in [1.807, 2.05) is 37.3 Å². The Balaban J connectivity index is 1.97. The molecule has 0 amide bonds. The molecule has 110 valence electrons. The Hall–Kier alpha value is -3.08. The third kappa shape index (κ3) is 2.69. The summed E-state index contributed by atoms with van der Waals surface area (Å²) in [4.78, 5) is 16.7. The van der Waals surface area contributed by atoms with E-state index in [1.54, 1.807) is 30.5 Å². The molecule has 1 aromatic heterocycles. The molecule has 0 radical (unpaired) electrons. The highest BCUT2D eigenvalue weighted by Crippen LogP contribution is 2.16. The van der Waals surface area contributed by atoms with E-state index >= 15 is 0 Å². The van der Waals surface area contributed by atoms with Crippen LogP contribution in [0.3, 0.4) is 0 Å². The lowest BCUT2D eigenvalue weighted by atomic mass is 10.2. The van der Waals surface area contributed by atoms with Crippen molar-refractivity contribution in [2.45, 2.75) is 6.92 Å². The average Bonchev–Trinajstić information content (AvgIpc) is 2.82. The van der Waals surface area contributed by atoms with Gasteiger partial charge in [0.1, 0.15) is 5.75 Å². The second-order valence-electron chi connectivity index (χ2n) is 4.90. The van der Waals surface area contributed by atoms with Gasteiger partial charge in [0.05, 0.1) is 16.9 Å². The first-order chi connectivity index (χ1) is 10.6. The summed E-state index contributed by atoms with van der Waals surface area (Å²) in [7, 11) is 0. The molecule has 5 nitrogen and oxygen atoms in total. The van der Waals surface area contributed by atoms with Crippen LogP contribution in [-0.2, 0) is 0 Å². The molecular weight excluding hydrogens is 278 g/mol. The minimum absolute atomic E-state index is 0.147. The zero-order valence-electron chi connectivity index (χ0n) is 12.0. The number of hydrogen-bond donors (Lipinski definition) is 2. The number of aromatic amines is 1. The smallest absolute Gasteiger partial charge is 0.280 e. The normalized spacial score (nSPS) is 11.1. The van der Waals surface area contributed by atoms with Gasteiger partial charge in [-0.05, 0) is 43.3 Å². The Morgan fingerprint density at radius 2 is 1.77 bits per heavy atom. The van der Waals surface area contributed by atoms with Crippen molar-refractivity contribution >= 4 is 11.9 Å². The fourth-order valence-corrected chi connectivity index (χ4v) is 2.15. The fraction of sp³-hybridized carbons (Fsp3) is 0.0588. The molecule has 0 unspecified atom stereocenters. The van der Waals surface area contributed by atoms with Crippen molar-refractivity contribution in [3.05, 3.63) is 76.2 Å². The van der Waals surface area contributed by atoms with Gasteiger partial charge in [0.25, 0.3) is 5.56 Å². The largest absolute Gasteiger partial charge is 0.508 e. The Morgan fingerprint density at radius 3 is 2.45 bits per heavy atom. The van der Waals surface area contributed by atoms with Crippen LogP contribution in [0.1, 0.15) is 11.3 Å². The summed E-state index contributed by atoms with van der Waals surface area (Å²) in [5.74, 6) is 0.184. The Labute approximate surface area is 127 Å². The number of phenolic OH excluding ortho intramolecular Hbond substituents is 1. The van der Waals surface area contributed by atoms with Crippen molar-refractivity contribution in [1.82, 2.24) is 9.78 Å². The van der Waals surface area contributed by atoms with E-state index in [-0.39, 0.29) is 11.3 Å². The predicted octanol–water partition coefficient (Wildman–Crippen LogP) is 2.93. The average molecular weight is 293 g/mol. The number of hydrogen-bond acceptors (Lipinski definition) is 3. The summed E-state index contributed by atoms with van der Waals surface area (Å²) in [6.07, 6.45) is 1.54. The number of aryl methyl sites for hydroxylation is 1. The summed E-state index contributed by atoms with van der Waals surface area (Å²) in [6.45, 7) is 1.83. The highest BCUT2D eigenvalue weighted by atomic mass is 16.3. The molecule has 2 N–H and O–H groups in total. The number of phenols is 1. The van der Waals surface area contributed by atoms with Gasteiger partial charge in [-0.2, -0.15) is 0 Å². The molecule has 0 spiro atoms. The summed E-state index contributed by atoms with van der Waals surface area (Å²) >= 11 is 0. The van der Waals surface area contributed by atoms with Crippen LogP contribution in [0, 0.1) is 6.92 Å². The number of rotatable bonds is 3. The van der Waals surface area contributed by atoms with E-state index < -0.39 is 0 Å². The van der Waals surface area contributed by atoms with Crippen LogP contribution in [0.4, 0.5) is 5.69 Å². The third-order valence-electron chi connectivity index (χ3n) is 3.32. The van der Waals surface area contributed by atoms with E-state index in [9.17, 15) is 9.90 Å². The summed E-state index contributed by atoms with van der Waals surface area (Å²) in [5, 5.41) is 12.3. The number of nitrogens with zero attached hydrogens (tertiary/aromatic N) is 2. The van der Waals surface area contributed by atoms with Crippen molar-refractivity contribution in [1.29, 1.82) is 0 Å². The number of aliphatic imine (C=N–C) groups is 1. The quantitative estimate of drug-likeness (QED) is 0.729. The van der Waals surface area contributed by atoms with Crippen molar-refractivity contribution in [3.8, 4) is 11.4 Å². The Morgan fingerprint density at radius 1 is 1.09 bits per heavy atom. The maximum absolute atomic E-state index is 12.5. The van der Waals surface area contributed by atoms with Gasteiger partial charge in [0, 0.05) is 11.9 Å². The number of para-hydroxylation sites is 1. The lowest BCUT2D eigenvalue weighted by molar-refractivity contribution is 0.475. The van der Waals surface area contributed by atoms with Crippen molar-refractivity contribution in [2.24, 2.45) is 4.99 Å². The van der Waals surface area contributed by atoms with E-state index in [0.29, 0.717) is 11.3 Å². The molecule has 22 heavy (non-hydrogen) atoms. The molecule has 0 atom stereocenters. The minimum atomic E-state index is -0.147. The second-order valence-corrected chi connectivity index (χ2v) is 4.90. The zero-order chi connectivity index (χ0) is 15.5. The molecule has 0 aliphatic rings. The van der Waals surface area contributed by atoms with Crippen molar-refractivity contribution in [2.75, 3.05) is 0 Å². The predicted molar refractivity (Wildman–Crippen MR) is 86.5 cm³/mol. The summed E-state index contributed by atoms with van der Waals surface area (Å²) in [5.41, 5.74) is 2.56. The zero-order valence-corrected chi connectivity index (χ0v) is 12.0. The number of benzene rings is 2. The molecular formula is C17H15N3O2. The minimum Gasteiger partial charge on any atom is -0.508 e. The molecule has 0 aliphatic heterocycles. The third-order valence-corrected chi connectivity index (χ3v) is 3.32. The van der Waals surface area contributed by atoms with Crippen LogP contribution in [0.25, 0.3) is 5.69 Å². The van der Waals surface area contributed by atoms with Crippen molar-refractivity contribution in [3.63, 3.8) is 0 Å². The van der Waals surface area contributed by atoms with Gasteiger partial charge in [-0.25, -0.2) is 4.68 Å². The Kier molecular flexibility index (Phi) is 3.62. The SMILES string of the molecule is Cc1[nH]n(-c2ccccc2)c(=O)c1C=Nc1ccc(O)cc1. The van der Waals surface area contributed by atoms with Crippen LogP contribution in [0.5, 0.6) is 5.75 Å². The lowest BCUT2D eigenvalue weighted by Crippen LogP contribution is -2.17. The molecule has 0 fully saturated rings. The lowest BCUT2D eigenvalue weighted by Gasteiger charge is -1.99. The van der Waals surface area contributed by atoms with E-state index in [1.165, 1.54) is 4.68 Å². The highest BCUT2D eigenvalue weighted by Gasteiger charge is 2.10. The molecule has 0 saturated heterocycles. The topological polar surface area (TPSA) is 70.4 Å². The van der Waals surface area contributed by atoms with Crippen LogP contribution in [0.15, 0.2) is 64.4 Å². The summed E-state index contributed by atoms with van der Waals surface area (Å²) in [6, 6.07) is 15.9. The molecule has 3 aromatic rings. The fourth-order valence-electron chi connectivity index (χ4n) is 2.15. The molecule has 5 heteroatoms. The number of H-pyrrole nitrogens is 1. The number of aromatic nitrogens is 2. The monoisotopic (exact) mass is 293 g/mol. The van der Waals surface area contributed by atoms with E-state index in [0.717, 1.165) is 11.4 Å². The van der Waals surface area contributed by atoms with Crippen LogP contribution in [-0.4, -0.2) is 21.1 Å². The first kappa shape index (κ1) is 13.9. The van der Waals surface area contributed by atoms with Gasteiger partial charge in [-0.3, -0.25) is 14.9 Å². The molecule has 0 saturated carbocycles. The van der Waals surface area contributed by atoms with Gasteiger partial charge in [-0.1, -0.05) is 18.2 Å². The first-order valence-corrected chi connectivity index (χ1v) is 6.85. The van der Waals surface area contributed by atoms with Crippen molar-refractivity contribution < 1.29 is 5.11 Å². The first-order valence-electron chi connectivity index (χ1n) is 6.85. The molecule has 1 heterocycles. The molecule has 2 aromatic carbocycles. The highest BCUT2D eigenvalue weighted by molar-refractivity contribution is 5.83. The maximum Gasteiger partial charge on any atom is 0.280 e. The molecule has 0 aliphatic carbocycles. The van der Waals surface area contributed by atoms with Crippen LogP contribution in [0.2, 0.25) is 0 Å². The molecule has 0 bridgehead atoms. The van der Waals surface area contributed by atoms with Gasteiger partial charge in [0.2, 0.25) is 0 Å². The van der Waals surface area contributed by atoms with Gasteiger partial charge in [0.15, 0.2) is 0 Å². The standard InChI is InChI=1S/C17H15N3O2/c1-12-16(11-18-13-7-9-15(21)10-8-13)17(22)20(19-12)14-5-3-2-4-6-14/h2-11,19,21H,1H3. The number of nitrogens with one attached hydrogen (secondary N) is 1. The van der Waals surface area contributed by atoms with Gasteiger partial charge >= 0.3 is 0 Å². The van der Waals surface area contributed by atoms with E-state index in [4.69, 9.17) is 0 Å². The maximum atomic E-state index is 12.5. The van der Waals surface area contributed by atoms with E-state index in [2.05, 4.69) is 10.1 Å². The van der Waals surface area contributed by atoms with Crippen LogP contribution < -0.4 is 5.56 Å². The number of aromatic hydroxyl groups is 1.